The zero-order chi connectivity index (χ0) is 18.3. The summed E-state index contributed by atoms with van der Waals surface area (Å²) in [6, 6.07) is 7.60. The van der Waals surface area contributed by atoms with Gasteiger partial charge in [-0.1, -0.05) is 30.2 Å². The lowest BCUT2D eigenvalue weighted by atomic mass is 9.86. The molecule has 0 aliphatic heterocycles. The van der Waals surface area contributed by atoms with Crippen LogP contribution < -0.4 is 15.4 Å². The molecule has 1 aliphatic rings. The van der Waals surface area contributed by atoms with Gasteiger partial charge in [-0.15, -0.1) is 0 Å². The van der Waals surface area contributed by atoms with Crippen LogP contribution in [0.3, 0.4) is 0 Å². The Balaban J connectivity index is 1.74. The molecular formula is C17H27ClN4O2S. The summed E-state index contributed by atoms with van der Waals surface area (Å²) in [7, 11) is -1.59. The first-order valence-electron chi connectivity index (χ1n) is 8.59. The number of benzene rings is 1. The molecule has 2 rings (SSSR count). The van der Waals surface area contributed by atoms with Crippen molar-refractivity contribution in [3.05, 3.63) is 34.9 Å². The van der Waals surface area contributed by atoms with Gasteiger partial charge in [-0.05, 0) is 43.4 Å². The lowest BCUT2D eigenvalue weighted by molar-refractivity contribution is 0.316. The predicted octanol–water partition coefficient (Wildman–Crippen LogP) is 2.29. The van der Waals surface area contributed by atoms with Gasteiger partial charge in [0, 0.05) is 25.2 Å². The highest BCUT2D eigenvalue weighted by molar-refractivity contribution is 7.89. The molecule has 1 aliphatic carbocycles. The van der Waals surface area contributed by atoms with Crippen molar-refractivity contribution in [1.82, 2.24) is 15.4 Å². The van der Waals surface area contributed by atoms with E-state index < -0.39 is 10.0 Å². The van der Waals surface area contributed by atoms with Crippen molar-refractivity contribution in [3.8, 4) is 0 Å². The zero-order valence-corrected chi connectivity index (χ0v) is 16.3. The number of hydrogen-bond acceptors (Lipinski definition) is 3. The number of nitrogens with one attached hydrogen (secondary N) is 3. The maximum absolute atomic E-state index is 12.0. The first-order valence-corrected chi connectivity index (χ1v) is 10.6. The Morgan fingerprint density at radius 2 is 2.00 bits per heavy atom. The molecule has 1 unspecified atom stereocenters. The van der Waals surface area contributed by atoms with Crippen molar-refractivity contribution in [2.24, 2.45) is 10.9 Å². The van der Waals surface area contributed by atoms with Gasteiger partial charge in [-0.3, -0.25) is 4.99 Å². The molecule has 8 heteroatoms. The standard InChI is InChI=1S/C17H27ClN4O2S/c1-13(15-6-8-16(18)9-7-15)22-17(19-2)20-10-11-25(23,24)21-12-14-4-3-5-14/h6-9,13-14,21H,3-5,10-12H2,1-2H3,(H2,19,20,22). The van der Waals surface area contributed by atoms with Crippen LogP contribution in [0.2, 0.25) is 5.02 Å². The minimum atomic E-state index is -3.25. The molecule has 1 fully saturated rings. The molecular weight excluding hydrogens is 360 g/mol. The summed E-state index contributed by atoms with van der Waals surface area (Å²) < 4.78 is 26.7. The monoisotopic (exact) mass is 386 g/mol. The van der Waals surface area contributed by atoms with Crippen molar-refractivity contribution >= 4 is 27.6 Å². The number of hydrogen-bond donors (Lipinski definition) is 3. The molecule has 0 aromatic heterocycles. The SMILES string of the molecule is CN=C(NCCS(=O)(=O)NCC1CCC1)NC(C)c1ccc(Cl)cc1. The van der Waals surface area contributed by atoms with Gasteiger partial charge in [0.05, 0.1) is 11.8 Å². The summed E-state index contributed by atoms with van der Waals surface area (Å²) >= 11 is 5.90. The Morgan fingerprint density at radius 1 is 1.32 bits per heavy atom. The topological polar surface area (TPSA) is 82.6 Å². The average molecular weight is 387 g/mol. The van der Waals surface area contributed by atoms with Gasteiger partial charge in [0.15, 0.2) is 5.96 Å². The van der Waals surface area contributed by atoms with Gasteiger partial charge in [0.2, 0.25) is 10.0 Å². The van der Waals surface area contributed by atoms with E-state index in [-0.39, 0.29) is 11.8 Å². The predicted molar refractivity (Wildman–Crippen MR) is 103 cm³/mol. The van der Waals surface area contributed by atoms with E-state index in [4.69, 9.17) is 11.6 Å². The van der Waals surface area contributed by atoms with Gasteiger partial charge in [-0.2, -0.15) is 0 Å². The third kappa shape index (κ3) is 6.84. The molecule has 1 aromatic rings. The van der Waals surface area contributed by atoms with Gasteiger partial charge in [-0.25, -0.2) is 13.1 Å². The number of nitrogens with zero attached hydrogens (tertiary/aromatic N) is 1. The fraction of sp³-hybridized carbons (Fsp3) is 0.588. The summed E-state index contributed by atoms with van der Waals surface area (Å²) in [5.41, 5.74) is 1.07. The van der Waals surface area contributed by atoms with Gasteiger partial charge in [0.1, 0.15) is 0 Å². The van der Waals surface area contributed by atoms with E-state index in [1.165, 1.54) is 6.42 Å². The number of rotatable bonds is 8. The molecule has 1 saturated carbocycles. The van der Waals surface area contributed by atoms with Crippen molar-refractivity contribution in [2.75, 3.05) is 25.9 Å². The summed E-state index contributed by atoms with van der Waals surface area (Å²) in [5.74, 6) is 1.10. The molecule has 25 heavy (non-hydrogen) atoms. The normalized spacial score (nSPS) is 17.0. The maximum Gasteiger partial charge on any atom is 0.213 e. The van der Waals surface area contributed by atoms with E-state index >= 15 is 0 Å². The molecule has 1 atom stereocenters. The van der Waals surface area contributed by atoms with Gasteiger partial charge >= 0.3 is 0 Å². The van der Waals surface area contributed by atoms with Crippen molar-refractivity contribution in [2.45, 2.75) is 32.2 Å². The van der Waals surface area contributed by atoms with E-state index in [0.717, 1.165) is 18.4 Å². The van der Waals surface area contributed by atoms with Crippen LogP contribution in [0.1, 0.15) is 37.8 Å². The van der Waals surface area contributed by atoms with E-state index in [1.807, 2.05) is 31.2 Å². The second kappa shape index (κ2) is 9.40. The molecule has 140 valence electrons. The highest BCUT2D eigenvalue weighted by atomic mass is 35.5. The van der Waals surface area contributed by atoms with Crippen LogP contribution in [0.4, 0.5) is 0 Å². The molecule has 0 heterocycles. The molecule has 0 amide bonds. The highest BCUT2D eigenvalue weighted by Gasteiger charge is 2.20. The molecule has 0 bridgehead atoms. The average Bonchev–Trinajstić information content (AvgIpc) is 2.52. The van der Waals surface area contributed by atoms with Crippen LogP contribution in [0, 0.1) is 5.92 Å². The number of guanidine groups is 1. The Morgan fingerprint density at radius 3 is 2.56 bits per heavy atom. The van der Waals surface area contributed by atoms with Crippen LogP contribution in [0.25, 0.3) is 0 Å². The largest absolute Gasteiger partial charge is 0.355 e. The first-order chi connectivity index (χ1) is 11.9. The second-order valence-electron chi connectivity index (χ2n) is 6.38. The second-order valence-corrected chi connectivity index (χ2v) is 8.74. The fourth-order valence-corrected chi connectivity index (χ4v) is 3.68. The summed E-state index contributed by atoms with van der Waals surface area (Å²) in [6.45, 7) is 2.86. The van der Waals surface area contributed by atoms with Crippen LogP contribution in [-0.2, 0) is 10.0 Å². The molecule has 0 saturated heterocycles. The van der Waals surface area contributed by atoms with Crippen LogP contribution in [-0.4, -0.2) is 40.3 Å². The van der Waals surface area contributed by atoms with E-state index in [1.54, 1.807) is 7.05 Å². The van der Waals surface area contributed by atoms with E-state index in [0.29, 0.717) is 30.0 Å². The minimum Gasteiger partial charge on any atom is -0.355 e. The zero-order valence-electron chi connectivity index (χ0n) is 14.8. The Hall–Kier alpha value is -1.31. The number of sulfonamides is 1. The molecule has 0 radical (unpaired) electrons. The lowest BCUT2D eigenvalue weighted by Crippen LogP contribution is -2.42. The van der Waals surface area contributed by atoms with E-state index in [9.17, 15) is 8.42 Å². The Kier molecular flexibility index (Phi) is 7.53. The number of aliphatic imine (C=N–C) groups is 1. The summed E-state index contributed by atoms with van der Waals surface area (Å²) in [4.78, 5) is 4.14. The third-order valence-corrected chi connectivity index (χ3v) is 6.03. The molecule has 0 spiro atoms. The number of halogens is 1. The quantitative estimate of drug-likeness (QED) is 0.473. The Bertz CT molecular complexity index is 672. The lowest BCUT2D eigenvalue weighted by Gasteiger charge is -2.25. The van der Waals surface area contributed by atoms with Crippen molar-refractivity contribution in [3.63, 3.8) is 0 Å². The minimum absolute atomic E-state index is 0.0236. The van der Waals surface area contributed by atoms with Crippen LogP contribution in [0.5, 0.6) is 0 Å². The first kappa shape index (κ1) is 20.0. The van der Waals surface area contributed by atoms with Gasteiger partial charge < -0.3 is 10.6 Å². The maximum atomic E-state index is 12.0. The van der Waals surface area contributed by atoms with Crippen LogP contribution in [0.15, 0.2) is 29.3 Å². The summed E-state index contributed by atoms with van der Waals surface area (Å²) in [6.07, 6.45) is 3.46. The van der Waals surface area contributed by atoms with Gasteiger partial charge in [0.25, 0.3) is 0 Å². The van der Waals surface area contributed by atoms with E-state index in [2.05, 4.69) is 20.3 Å². The third-order valence-electron chi connectivity index (χ3n) is 4.43. The highest BCUT2D eigenvalue weighted by Crippen LogP contribution is 2.25. The van der Waals surface area contributed by atoms with Crippen LogP contribution >= 0.6 is 11.6 Å². The van der Waals surface area contributed by atoms with Crippen molar-refractivity contribution < 1.29 is 8.42 Å². The van der Waals surface area contributed by atoms with Crippen molar-refractivity contribution in [1.29, 1.82) is 0 Å². The molecule has 1 aromatic carbocycles. The molecule has 6 nitrogen and oxygen atoms in total. The Labute approximate surface area is 155 Å². The summed E-state index contributed by atoms with van der Waals surface area (Å²) in [5, 5.41) is 6.98. The molecule has 3 N–H and O–H groups in total. The fourth-order valence-electron chi connectivity index (χ4n) is 2.55. The smallest absolute Gasteiger partial charge is 0.213 e.